The molecule has 1 saturated heterocycles. The van der Waals surface area contributed by atoms with E-state index in [0.717, 1.165) is 48.2 Å². The van der Waals surface area contributed by atoms with Gasteiger partial charge in [0.2, 0.25) is 5.88 Å². The Morgan fingerprint density at radius 2 is 1.96 bits per heavy atom. The van der Waals surface area contributed by atoms with Gasteiger partial charge in [0.25, 0.3) is 0 Å². The Morgan fingerprint density at radius 1 is 1.12 bits per heavy atom. The fourth-order valence-corrected chi connectivity index (χ4v) is 3.40. The van der Waals surface area contributed by atoms with Crippen LogP contribution in [0.1, 0.15) is 5.56 Å². The van der Waals surface area contributed by atoms with Crippen molar-refractivity contribution in [2.24, 2.45) is 0 Å². The maximum absolute atomic E-state index is 6.30. The Kier molecular flexibility index (Phi) is 4.42. The highest BCUT2D eigenvalue weighted by Crippen LogP contribution is 2.36. The van der Waals surface area contributed by atoms with Gasteiger partial charge in [-0.3, -0.25) is 4.98 Å². The van der Waals surface area contributed by atoms with Crippen LogP contribution in [0.25, 0.3) is 10.8 Å². The van der Waals surface area contributed by atoms with Crippen LogP contribution in [0.15, 0.2) is 42.9 Å². The second-order valence-electron chi connectivity index (χ2n) is 6.09. The molecule has 1 fully saturated rings. The highest BCUT2D eigenvalue weighted by Gasteiger charge is 2.16. The van der Waals surface area contributed by atoms with Crippen molar-refractivity contribution in [1.29, 1.82) is 0 Å². The number of pyridine rings is 2. The summed E-state index contributed by atoms with van der Waals surface area (Å²) in [6.07, 6.45) is 5.49. The summed E-state index contributed by atoms with van der Waals surface area (Å²) < 4.78 is 6.08. The summed E-state index contributed by atoms with van der Waals surface area (Å²) in [6, 6.07) is 7.71. The highest BCUT2D eigenvalue weighted by atomic mass is 35.5. The number of fused-ring (bicyclic) bond motifs is 1. The first-order valence-electron chi connectivity index (χ1n) is 8.35. The van der Waals surface area contributed by atoms with Crippen LogP contribution in [0.4, 0.5) is 5.69 Å². The Morgan fingerprint density at radius 3 is 2.76 bits per heavy atom. The lowest BCUT2D eigenvalue weighted by molar-refractivity contribution is 0.466. The predicted molar refractivity (Wildman–Crippen MR) is 101 cm³/mol. The molecule has 0 aliphatic carbocycles. The number of hydrogen-bond acceptors (Lipinski definition) is 5. The average molecular weight is 355 g/mol. The molecular formula is C19H19ClN4O. The number of nitrogens with one attached hydrogen (secondary N) is 1. The van der Waals surface area contributed by atoms with Crippen molar-refractivity contribution in [3.8, 4) is 11.6 Å². The molecule has 128 valence electrons. The van der Waals surface area contributed by atoms with Crippen LogP contribution in [0.3, 0.4) is 0 Å². The van der Waals surface area contributed by atoms with E-state index >= 15 is 0 Å². The summed E-state index contributed by atoms with van der Waals surface area (Å²) in [7, 11) is 0. The standard InChI is InChI=1S/C19H19ClN4O/c1-13-3-2-4-16(20)18(13)25-19-15-11-22-12-17(14(15)5-6-23-19)24-9-7-21-8-10-24/h2-6,11-12,21H,7-10H2,1H3. The van der Waals surface area contributed by atoms with E-state index in [4.69, 9.17) is 16.3 Å². The van der Waals surface area contributed by atoms with Crippen molar-refractivity contribution in [3.05, 3.63) is 53.4 Å². The van der Waals surface area contributed by atoms with E-state index in [1.807, 2.05) is 37.4 Å². The van der Waals surface area contributed by atoms with Crippen LogP contribution in [0.2, 0.25) is 5.02 Å². The average Bonchev–Trinajstić information content (AvgIpc) is 2.65. The van der Waals surface area contributed by atoms with E-state index in [0.29, 0.717) is 16.7 Å². The largest absolute Gasteiger partial charge is 0.436 e. The van der Waals surface area contributed by atoms with Gasteiger partial charge in [0, 0.05) is 44.0 Å². The number of anilines is 1. The van der Waals surface area contributed by atoms with E-state index < -0.39 is 0 Å². The minimum Gasteiger partial charge on any atom is -0.436 e. The van der Waals surface area contributed by atoms with Crippen molar-refractivity contribution in [2.75, 3.05) is 31.1 Å². The number of hydrogen-bond donors (Lipinski definition) is 1. The van der Waals surface area contributed by atoms with E-state index in [2.05, 4.69) is 20.2 Å². The quantitative estimate of drug-likeness (QED) is 0.775. The molecule has 25 heavy (non-hydrogen) atoms. The maximum atomic E-state index is 6.30. The Balaban J connectivity index is 1.78. The number of ether oxygens (including phenoxy) is 1. The van der Waals surface area contributed by atoms with Gasteiger partial charge in [0.1, 0.15) is 0 Å². The zero-order chi connectivity index (χ0) is 17.2. The number of piperazine rings is 1. The zero-order valence-corrected chi connectivity index (χ0v) is 14.8. The number of aromatic nitrogens is 2. The fraction of sp³-hybridized carbons (Fsp3) is 0.263. The molecular weight excluding hydrogens is 336 g/mol. The third kappa shape index (κ3) is 3.13. The molecule has 6 heteroatoms. The van der Waals surface area contributed by atoms with E-state index in [-0.39, 0.29) is 0 Å². The molecule has 0 amide bonds. The lowest BCUT2D eigenvalue weighted by Gasteiger charge is -2.30. The second-order valence-corrected chi connectivity index (χ2v) is 6.50. The van der Waals surface area contributed by atoms with Gasteiger partial charge in [-0.1, -0.05) is 23.7 Å². The highest BCUT2D eigenvalue weighted by molar-refractivity contribution is 6.32. The van der Waals surface area contributed by atoms with Crippen LogP contribution in [0, 0.1) is 6.92 Å². The Labute approximate surface area is 151 Å². The molecule has 1 aromatic carbocycles. The van der Waals surface area contributed by atoms with Crippen molar-refractivity contribution < 1.29 is 4.74 Å². The van der Waals surface area contributed by atoms with Crippen molar-refractivity contribution in [2.45, 2.75) is 6.92 Å². The molecule has 0 saturated carbocycles. The van der Waals surface area contributed by atoms with Crippen LogP contribution >= 0.6 is 11.6 Å². The third-order valence-corrected chi connectivity index (χ3v) is 4.75. The van der Waals surface area contributed by atoms with Gasteiger partial charge in [-0.25, -0.2) is 4.98 Å². The Hall–Kier alpha value is -2.37. The zero-order valence-electron chi connectivity index (χ0n) is 14.0. The van der Waals surface area contributed by atoms with Crippen LogP contribution in [0.5, 0.6) is 11.6 Å². The molecule has 0 unspecified atom stereocenters. The van der Waals surface area contributed by atoms with Crippen molar-refractivity contribution >= 4 is 28.1 Å². The minimum absolute atomic E-state index is 0.526. The number of nitrogens with zero attached hydrogens (tertiary/aromatic N) is 3. The summed E-state index contributed by atoms with van der Waals surface area (Å²) >= 11 is 6.30. The number of aryl methyl sites for hydroxylation is 1. The van der Waals surface area contributed by atoms with Crippen LogP contribution in [-0.4, -0.2) is 36.1 Å². The number of para-hydroxylation sites is 1. The molecule has 1 aliphatic heterocycles. The molecule has 5 nitrogen and oxygen atoms in total. The lowest BCUT2D eigenvalue weighted by atomic mass is 10.1. The molecule has 2 aromatic heterocycles. The first kappa shape index (κ1) is 16.1. The van der Waals surface area contributed by atoms with Crippen LogP contribution in [-0.2, 0) is 0 Å². The number of benzene rings is 1. The fourth-order valence-electron chi connectivity index (χ4n) is 3.14. The number of rotatable bonds is 3. The first-order valence-corrected chi connectivity index (χ1v) is 8.73. The smallest absolute Gasteiger partial charge is 0.228 e. The SMILES string of the molecule is Cc1cccc(Cl)c1Oc1nccc2c(N3CCNCC3)cncc12. The van der Waals surface area contributed by atoms with Gasteiger partial charge in [-0.15, -0.1) is 0 Å². The van der Waals surface area contributed by atoms with E-state index in [1.165, 1.54) is 0 Å². The number of halogens is 1. The van der Waals surface area contributed by atoms with E-state index in [9.17, 15) is 0 Å². The predicted octanol–water partition coefficient (Wildman–Crippen LogP) is 3.79. The molecule has 3 aromatic rings. The van der Waals surface area contributed by atoms with Gasteiger partial charge >= 0.3 is 0 Å². The van der Waals surface area contributed by atoms with Gasteiger partial charge in [-0.05, 0) is 24.6 Å². The minimum atomic E-state index is 0.526. The van der Waals surface area contributed by atoms with Crippen molar-refractivity contribution in [3.63, 3.8) is 0 Å². The first-order chi connectivity index (χ1) is 12.2. The maximum Gasteiger partial charge on any atom is 0.228 e. The van der Waals surface area contributed by atoms with E-state index in [1.54, 1.807) is 12.4 Å². The van der Waals surface area contributed by atoms with Gasteiger partial charge < -0.3 is 15.0 Å². The molecule has 1 aliphatic rings. The molecule has 1 N–H and O–H groups in total. The third-order valence-electron chi connectivity index (χ3n) is 4.45. The molecule has 4 rings (SSSR count). The monoisotopic (exact) mass is 354 g/mol. The molecule has 0 atom stereocenters. The molecule has 0 bridgehead atoms. The summed E-state index contributed by atoms with van der Waals surface area (Å²) in [5, 5.41) is 5.93. The summed E-state index contributed by atoms with van der Waals surface area (Å²) in [5.74, 6) is 1.16. The molecule has 3 heterocycles. The van der Waals surface area contributed by atoms with Crippen molar-refractivity contribution in [1.82, 2.24) is 15.3 Å². The van der Waals surface area contributed by atoms with Gasteiger partial charge in [-0.2, -0.15) is 0 Å². The summed E-state index contributed by atoms with van der Waals surface area (Å²) in [4.78, 5) is 11.2. The topological polar surface area (TPSA) is 50.3 Å². The van der Waals surface area contributed by atoms with Gasteiger partial charge in [0.05, 0.1) is 22.3 Å². The second kappa shape index (κ2) is 6.86. The normalized spacial score (nSPS) is 14.7. The molecule has 0 radical (unpaired) electrons. The Bertz CT molecular complexity index is 889. The molecule has 0 spiro atoms. The van der Waals surface area contributed by atoms with Gasteiger partial charge in [0.15, 0.2) is 5.75 Å². The van der Waals surface area contributed by atoms with Crippen LogP contribution < -0.4 is 15.0 Å². The summed E-state index contributed by atoms with van der Waals surface area (Å²) in [5.41, 5.74) is 2.08. The lowest BCUT2D eigenvalue weighted by Crippen LogP contribution is -2.43. The summed E-state index contributed by atoms with van der Waals surface area (Å²) in [6.45, 7) is 5.84.